The van der Waals surface area contributed by atoms with Crippen molar-refractivity contribution in [2.45, 2.75) is 53.9 Å². The average molecular weight is 408 g/mol. The van der Waals surface area contributed by atoms with Crippen LogP contribution in [0.2, 0.25) is 0 Å². The molecule has 29 heavy (non-hydrogen) atoms. The van der Waals surface area contributed by atoms with E-state index in [1.807, 2.05) is 24.4 Å². The van der Waals surface area contributed by atoms with Crippen molar-refractivity contribution in [2.75, 3.05) is 0 Å². The summed E-state index contributed by atoms with van der Waals surface area (Å²) < 4.78 is 16.9. The van der Waals surface area contributed by atoms with E-state index in [4.69, 9.17) is 10.1 Å². The average Bonchev–Trinajstić information content (AvgIpc) is 3.17. The highest BCUT2D eigenvalue weighted by molar-refractivity contribution is 7.22. The van der Waals surface area contributed by atoms with E-state index in [9.17, 15) is 4.39 Å². The first-order chi connectivity index (χ1) is 13.9. The lowest BCUT2D eigenvalue weighted by Gasteiger charge is -2.10. The number of allylic oxidation sites excluding steroid dienone is 2. The maximum Gasteiger partial charge on any atom is 0.162 e. The van der Waals surface area contributed by atoms with E-state index in [-0.39, 0.29) is 5.82 Å². The van der Waals surface area contributed by atoms with E-state index in [1.54, 1.807) is 17.4 Å². The van der Waals surface area contributed by atoms with Crippen LogP contribution >= 0.6 is 11.3 Å². The summed E-state index contributed by atoms with van der Waals surface area (Å²) in [5.74, 6) is -0.204. The van der Waals surface area contributed by atoms with Crippen LogP contribution in [0.1, 0.15) is 55.6 Å². The van der Waals surface area contributed by atoms with Gasteiger partial charge in [0, 0.05) is 10.3 Å². The Labute approximate surface area is 174 Å². The number of thiophene rings is 1. The molecule has 0 bridgehead atoms. The van der Waals surface area contributed by atoms with E-state index in [0.29, 0.717) is 0 Å². The molecule has 3 heterocycles. The Morgan fingerprint density at radius 1 is 1.17 bits per heavy atom. The molecule has 3 nitrogen and oxygen atoms in total. The summed E-state index contributed by atoms with van der Waals surface area (Å²) in [5.41, 5.74) is 7.41. The molecular formula is C24H26FN3S. The van der Waals surface area contributed by atoms with Crippen molar-refractivity contribution < 1.29 is 4.39 Å². The Morgan fingerprint density at radius 3 is 2.69 bits per heavy atom. The van der Waals surface area contributed by atoms with Crippen LogP contribution in [0, 0.1) is 26.6 Å². The highest BCUT2D eigenvalue weighted by atomic mass is 32.1. The highest BCUT2D eigenvalue weighted by Crippen LogP contribution is 2.40. The summed E-state index contributed by atoms with van der Waals surface area (Å²) in [6.45, 7) is 10.5. The number of aromatic nitrogens is 3. The molecule has 4 rings (SSSR count). The number of aryl methyl sites for hydroxylation is 3. The number of hydrogen-bond donors (Lipinski definition) is 0. The van der Waals surface area contributed by atoms with Crippen LogP contribution < -0.4 is 0 Å². The van der Waals surface area contributed by atoms with Crippen LogP contribution in [-0.2, 0) is 0 Å². The van der Waals surface area contributed by atoms with Gasteiger partial charge in [0.05, 0.1) is 16.3 Å². The number of imidazole rings is 1. The first-order valence-corrected chi connectivity index (χ1v) is 11.0. The molecule has 3 aromatic heterocycles. The molecule has 0 saturated heterocycles. The minimum atomic E-state index is -0.204. The van der Waals surface area contributed by atoms with E-state index in [0.717, 1.165) is 62.5 Å². The fraction of sp³-hybridized carbons (Fsp3) is 0.333. The second-order valence-electron chi connectivity index (χ2n) is 7.56. The molecule has 0 aliphatic heterocycles. The van der Waals surface area contributed by atoms with E-state index < -0.39 is 0 Å². The highest BCUT2D eigenvalue weighted by Gasteiger charge is 2.21. The van der Waals surface area contributed by atoms with Gasteiger partial charge in [-0.3, -0.25) is 0 Å². The zero-order chi connectivity index (χ0) is 20.7. The van der Waals surface area contributed by atoms with Gasteiger partial charge in [-0.25, -0.2) is 13.9 Å². The van der Waals surface area contributed by atoms with Gasteiger partial charge in [-0.05, 0) is 74.4 Å². The van der Waals surface area contributed by atoms with Gasteiger partial charge in [-0.1, -0.05) is 26.3 Å². The van der Waals surface area contributed by atoms with Crippen LogP contribution in [0.5, 0.6) is 0 Å². The molecule has 0 spiro atoms. The second kappa shape index (κ2) is 7.71. The third kappa shape index (κ3) is 3.38. The van der Waals surface area contributed by atoms with Crippen molar-refractivity contribution in [1.29, 1.82) is 0 Å². The topological polar surface area (TPSA) is 30.2 Å². The summed E-state index contributed by atoms with van der Waals surface area (Å²) in [7, 11) is 0. The number of halogens is 1. The van der Waals surface area contributed by atoms with Crippen molar-refractivity contribution in [1.82, 2.24) is 14.6 Å². The molecule has 0 atom stereocenters. The smallest absolute Gasteiger partial charge is 0.162 e. The Kier molecular flexibility index (Phi) is 5.26. The minimum absolute atomic E-state index is 0.204. The van der Waals surface area contributed by atoms with E-state index in [1.165, 1.54) is 17.2 Å². The largest absolute Gasteiger partial charge is 0.231 e. The molecule has 0 fully saturated rings. The SMILES string of the molecule is CC/C=C(/CCC)c1cc(C)nn2c(-c3sc4ccc(F)cc4c3C)c(C)nc12. The quantitative estimate of drug-likeness (QED) is 0.348. The predicted molar refractivity (Wildman–Crippen MR) is 121 cm³/mol. The Bertz CT molecular complexity index is 1250. The maximum absolute atomic E-state index is 13.8. The van der Waals surface area contributed by atoms with Crippen molar-refractivity contribution in [2.24, 2.45) is 0 Å². The third-order valence-electron chi connectivity index (χ3n) is 5.31. The number of fused-ring (bicyclic) bond motifs is 2. The molecule has 5 heteroatoms. The summed E-state index contributed by atoms with van der Waals surface area (Å²) in [5, 5.41) is 5.79. The molecule has 1 aromatic carbocycles. The van der Waals surface area contributed by atoms with E-state index in [2.05, 4.69) is 32.9 Å². The Hall–Kier alpha value is -2.53. The van der Waals surface area contributed by atoms with Crippen molar-refractivity contribution in [3.63, 3.8) is 0 Å². The molecular weight excluding hydrogens is 381 g/mol. The molecule has 0 unspecified atom stereocenters. The standard InChI is InChI=1S/C24H26FN3S/c1-6-8-17(9-7-2)20-12-14(3)27-28-22(16(5)26-24(20)28)23-15(4)19-13-18(25)10-11-21(19)29-23/h8,10-13H,6-7,9H2,1-5H3/b17-8-. The Morgan fingerprint density at radius 2 is 1.97 bits per heavy atom. The first-order valence-electron chi connectivity index (χ1n) is 10.2. The second-order valence-corrected chi connectivity index (χ2v) is 8.62. The maximum atomic E-state index is 13.8. The number of nitrogens with zero attached hydrogens (tertiary/aromatic N) is 3. The van der Waals surface area contributed by atoms with Gasteiger partial charge in [0.1, 0.15) is 11.5 Å². The van der Waals surface area contributed by atoms with Gasteiger partial charge in [0.15, 0.2) is 5.65 Å². The minimum Gasteiger partial charge on any atom is -0.231 e. The van der Waals surface area contributed by atoms with Gasteiger partial charge >= 0.3 is 0 Å². The fourth-order valence-corrected chi connectivity index (χ4v) is 5.30. The van der Waals surface area contributed by atoms with Crippen molar-refractivity contribution in [3.05, 3.63) is 58.7 Å². The molecule has 0 aliphatic carbocycles. The van der Waals surface area contributed by atoms with Crippen LogP contribution in [0.4, 0.5) is 4.39 Å². The summed E-state index contributed by atoms with van der Waals surface area (Å²) in [6.07, 6.45) is 5.41. The normalized spacial score (nSPS) is 12.4. The van der Waals surface area contributed by atoms with Crippen molar-refractivity contribution >= 4 is 32.6 Å². The first kappa shape index (κ1) is 19.8. The van der Waals surface area contributed by atoms with Crippen molar-refractivity contribution in [3.8, 4) is 10.6 Å². The number of hydrogen-bond acceptors (Lipinski definition) is 3. The monoisotopic (exact) mass is 407 g/mol. The van der Waals surface area contributed by atoms with Gasteiger partial charge in [-0.15, -0.1) is 11.3 Å². The third-order valence-corrected chi connectivity index (χ3v) is 6.59. The summed E-state index contributed by atoms with van der Waals surface area (Å²) in [4.78, 5) is 6.04. The van der Waals surface area contributed by atoms with Crippen LogP contribution in [-0.4, -0.2) is 14.6 Å². The molecule has 0 radical (unpaired) electrons. The van der Waals surface area contributed by atoms with Crippen LogP contribution in [0.3, 0.4) is 0 Å². The van der Waals surface area contributed by atoms with Gasteiger partial charge in [0.2, 0.25) is 0 Å². The molecule has 0 saturated carbocycles. The summed E-state index contributed by atoms with van der Waals surface area (Å²) in [6, 6.07) is 7.15. The van der Waals surface area contributed by atoms with Gasteiger partial charge < -0.3 is 0 Å². The van der Waals surface area contributed by atoms with Crippen LogP contribution in [0.25, 0.3) is 31.9 Å². The molecule has 0 N–H and O–H groups in total. The molecule has 0 amide bonds. The summed E-state index contributed by atoms with van der Waals surface area (Å²) >= 11 is 1.68. The zero-order valence-corrected chi connectivity index (χ0v) is 18.5. The number of benzene rings is 1. The Balaban J connectivity index is 2.02. The van der Waals surface area contributed by atoms with Gasteiger partial charge in [-0.2, -0.15) is 5.10 Å². The lowest BCUT2D eigenvalue weighted by Crippen LogP contribution is -2.01. The molecule has 150 valence electrons. The van der Waals surface area contributed by atoms with Crippen LogP contribution in [0.15, 0.2) is 30.3 Å². The zero-order valence-electron chi connectivity index (χ0n) is 17.6. The van der Waals surface area contributed by atoms with Gasteiger partial charge in [0.25, 0.3) is 0 Å². The fourth-order valence-electron chi connectivity index (χ4n) is 4.03. The number of rotatable bonds is 5. The molecule has 4 aromatic rings. The lowest BCUT2D eigenvalue weighted by atomic mass is 10.0. The molecule has 0 aliphatic rings. The predicted octanol–water partition coefficient (Wildman–Crippen LogP) is 7.27. The lowest BCUT2D eigenvalue weighted by molar-refractivity contribution is 0.630. The van der Waals surface area contributed by atoms with E-state index >= 15 is 0 Å².